The highest BCUT2D eigenvalue weighted by Crippen LogP contribution is 2.35. The molecule has 0 spiro atoms. The van der Waals surface area contributed by atoms with E-state index in [9.17, 15) is 32.3 Å². The Morgan fingerprint density at radius 1 is 1.26 bits per heavy atom. The van der Waals surface area contributed by atoms with E-state index in [0.29, 0.717) is 4.90 Å². The van der Waals surface area contributed by atoms with E-state index in [1.807, 2.05) is 0 Å². The summed E-state index contributed by atoms with van der Waals surface area (Å²) in [6.45, 7) is 2.82. The van der Waals surface area contributed by atoms with Gasteiger partial charge >= 0.3 is 12.3 Å². The predicted octanol–water partition coefficient (Wildman–Crippen LogP) is 3.85. The number of carboxylic acid groups (broad SMARTS) is 1. The third kappa shape index (κ3) is 4.90. The van der Waals surface area contributed by atoms with Crippen molar-refractivity contribution in [2.24, 2.45) is 0 Å². The van der Waals surface area contributed by atoms with Gasteiger partial charge in [-0.25, -0.2) is 9.18 Å². The van der Waals surface area contributed by atoms with E-state index >= 15 is 0 Å². The second kappa shape index (κ2) is 7.36. The van der Waals surface area contributed by atoms with Gasteiger partial charge < -0.3 is 10.0 Å². The van der Waals surface area contributed by atoms with Gasteiger partial charge in [0.15, 0.2) is 0 Å². The quantitative estimate of drug-likeness (QED) is 0.798. The minimum absolute atomic E-state index is 0.0856. The standard InChI is InChI=1S/C18H22F4N2O3/c1-17(2,3)24(16(26)27)14-8-11(12-6-4-5-7-13(12)19)9-23(15(14)25)10-18(20,21)22/h4-7,11,14H,8-10H2,1-3H3,(H,26,27)/t11-,14+/m1/s1. The maximum Gasteiger partial charge on any atom is 0.408 e. The number of nitrogens with zero attached hydrogens (tertiary/aromatic N) is 2. The number of carbonyl (C=O) groups is 2. The van der Waals surface area contributed by atoms with Crippen LogP contribution < -0.4 is 0 Å². The molecule has 2 atom stereocenters. The number of amides is 2. The second-order valence-corrected chi connectivity index (χ2v) is 7.63. The van der Waals surface area contributed by atoms with Crippen molar-refractivity contribution in [3.8, 4) is 0 Å². The van der Waals surface area contributed by atoms with Crippen LogP contribution in [0.5, 0.6) is 0 Å². The van der Waals surface area contributed by atoms with E-state index in [4.69, 9.17) is 0 Å². The fourth-order valence-electron chi connectivity index (χ4n) is 3.51. The average Bonchev–Trinajstić information content (AvgIpc) is 2.48. The lowest BCUT2D eigenvalue weighted by atomic mass is 9.85. The van der Waals surface area contributed by atoms with Crippen LogP contribution in [0.3, 0.4) is 0 Å². The number of hydrogen-bond donors (Lipinski definition) is 1. The summed E-state index contributed by atoms with van der Waals surface area (Å²) in [6.07, 6.45) is -6.15. The van der Waals surface area contributed by atoms with E-state index in [2.05, 4.69) is 0 Å². The van der Waals surface area contributed by atoms with Crippen molar-refractivity contribution in [2.75, 3.05) is 13.1 Å². The van der Waals surface area contributed by atoms with E-state index < -0.39 is 48.0 Å². The smallest absolute Gasteiger partial charge is 0.408 e. The molecule has 1 aromatic carbocycles. The minimum Gasteiger partial charge on any atom is -0.465 e. The van der Waals surface area contributed by atoms with E-state index in [1.165, 1.54) is 18.2 Å². The first-order chi connectivity index (χ1) is 12.3. The van der Waals surface area contributed by atoms with Crippen molar-refractivity contribution in [1.29, 1.82) is 0 Å². The molecule has 1 heterocycles. The molecule has 1 aliphatic heterocycles. The Hall–Kier alpha value is -2.32. The summed E-state index contributed by atoms with van der Waals surface area (Å²) >= 11 is 0. The summed E-state index contributed by atoms with van der Waals surface area (Å²) in [5.41, 5.74) is -0.853. The number of benzene rings is 1. The second-order valence-electron chi connectivity index (χ2n) is 7.63. The highest BCUT2D eigenvalue weighted by atomic mass is 19.4. The van der Waals surface area contributed by atoms with Crippen LogP contribution in [-0.2, 0) is 4.79 Å². The number of piperidine rings is 1. The molecule has 1 saturated heterocycles. The zero-order valence-electron chi connectivity index (χ0n) is 15.3. The van der Waals surface area contributed by atoms with Gasteiger partial charge in [0.1, 0.15) is 18.4 Å². The molecule has 1 aromatic rings. The molecule has 1 N–H and O–H groups in total. The normalized spacial score (nSPS) is 21.3. The van der Waals surface area contributed by atoms with Crippen molar-refractivity contribution < 1.29 is 32.3 Å². The van der Waals surface area contributed by atoms with Gasteiger partial charge in [0.25, 0.3) is 0 Å². The summed E-state index contributed by atoms with van der Waals surface area (Å²) in [5, 5.41) is 9.57. The highest BCUT2D eigenvalue weighted by Gasteiger charge is 2.47. The lowest BCUT2D eigenvalue weighted by Crippen LogP contribution is -2.61. The van der Waals surface area contributed by atoms with Crippen molar-refractivity contribution in [1.82, 2.24) is 9.80 Å². The summed E-state index contributed by atoms with van der Waals surface area (Å²) in [6, 6.07) is 4.31. The summed E-state index contributed by atoms with van der Waals surface area (Å²) in [7, 11) is 0. The van der Waals surface area contributed by atoms with Crippen LogP contribution in [-0.4, -0.2) is 57.8 Å². The van der Waals surface area contributed by atoms with Crippen LogP contribution in [0.4, 0.5) is 22.4 Å². The molecule has 27 heavy (non-hydrogen) atoms. The monoisotopic (exact) mass is 390 g/mol. The van der Waals surface area contributed by atoms with E-state index in [1.54, 1.807) is 26.8 Å². The van der Waals surface area contributed by atoms with E-state index in [0.717, 1.165) is 4.90 Å². The molecular weight excluding hydrogens is 368 g/mol. The van der Waals surface area contributed by atoms with Gasteiger partial charge in [-0.3, -0.25) is 9.69 Å². The fraction of sp³-hybridized carbons (Fsp3) is 0.556. The first-order valence-corrected chi connectivity index (χ1v) is 8.43. The number of carbonyl (C=O) groups excluding carboxylic acids is 1. The molecule has 0 unspecified atom stereocenters. The van der Waals surface area contributed by atoms with Gasteiger partial charge in [0.2, 0.25) is 5.91 Å². The number of halogens is 4. The SMILES string of the molecule is CC(C)(C)N(C(=O)O)[C@H]1C[C@@H](c2ccccc2F)CN(CC(F)(F)F)C1=O. The van der Waals surface area contributed by atoms with Gasteiger partial charge in [-0.1, -0.05) is 18.2 Å². The Morgan fingerprint density at radius 3 is 2.33 bits per heavy atom. The molecule has 1 aliphatic rings. The third-order valence-corrected chi connectivity index (χ3v) is 4.50. The number of rotatable bonds is 3. The summed E-state index contributed by atoms with van der Waals surface area (Å²) in [5.74, 6) is -2.27. The molecule has 1 fully saturated rings. The van der Waals surface area contributed by atoms with Crippen molar-refractivity contribution in [3.63, 3.8) is 0 Å². The molecule has 0 radical (unpaired) electrons. The maximum absolute atomic E-state index is 14.2. The maximum atomic E-state index is 14.2. The molecule has 9 heteroatoms. The molecule has 0 aliphatic carbocycles. The zero-order chi connectivity index (χ0) is 20.6. The Kier molecular flexibility index (Phi) is 5.72. The van der Waals surface area contributed by atoms with Gasteiger partial charge in [-0.2, -0.15) is 13.2 Å². The molecule has 0 aromatic heterocycles. The first kappa shape index (κ1) is 21.0. The Bertz CT molecular complexity index is 715. The van der Waals surface area contributed by atoms with Crippen LogP contribution in [0.2, 0.25) is 0 Å². The van der Waals surface area contributed by atoms with Crippen LogP contribution in [0.1, 0.15) is 38.7 Å². The number of hydrogen-bond acceptors (Lipinski definition) is 2. The topological polar surface area (TPSA) is 60.9 Å². The molecule has 2 amide bonds. The summed E-state index contributed by atoms with van der Waals surface area (Å²) < 4.78 is 53.0. The molecular formula is C18H22F4N2O3. The first-order valence-electron chi connectivity index (χ1n) is 8.43. The van der Waals surface area contributed by atoms with Crippen molar-refractivity contribution in [2.45, 2.75) is 50.9 Å². The molecule has 2 rings (SSSR count). The van der Waals surface area contributed by atoms with Crippen LogP contribution >= 0.6 is 0 Å². The highest BCUT2D eigenvalue weighted by molar-refractivity contribution is 5.86. The van der Waals surface area contributed by atoms with Crippen LogP contribution in [0.25, 0.3) is 0 Å². The predicted molar refractivity (Wildman–Crippen MR) is 89.8 cm³/mol. The molecule has 0 bridgehead atoms. The minimum atomic E-state index is -4.65. The molecule has 150 valence electrons. The Balaban J connectivity index is 2.46. The van der Waals surface area contributed by atoms with Crippen LogP contribution in [0, 0.1) is 5.82 Å². The van der Waals surface area contributed by atoms with Crippen molar-refractivity contribution >= 4 is 12.0 Å². The Labute approximate surface area is 154 Å². The average molecular weight is 390 g/mol. The molecule has 0 saturated carbocycles. The van der Waals surface area contributed by atoms with Gasteiger partial charge in [-0.15, -0.1) is 0 Å². The number of alkyl halides is 3. The van der Waals surface area contributed by atoms with Crippen LogP contribution in [0.15, 0.2) is 24.3 Å². The summed E-state index contributed by atoms with van der Waals surface area (Å²) in [4.78, 5) is 25.9. The fourth-order valence-corrected chi connectivity index (χ4v) is 3.51. The Morgan fingerprint density at radius 2 is 1.85 bits per heavy atom. The van der Waals surface area contributed by atoms with Gasteiger partial charge in [0, 0.05) is 18.0 Å². The van der Waals surface area contributed by atoms with E-state index in [-0.39, 0.29) is 18.5 Å². The zero-order valence-corrected chi connectivity index (χ0v) is 15.3. The lowest BCUT2D eigenvalue weighted by molar-refractivity contribution is -0.169. The number of likely N-dealkylation sites (tertiary alicyclic amines) is 1. The van der Waals surface area contributed by atoms with Gasteiger partial charge in [-0.05, 0) is 38.8 Å². The molecule has 5 nitrogen and oxygen atoms in total. The lowest BCUT2D eigenvalue weighted by Gasteiger charge is -2.45. The van der Waals surface area contributed by atoms with Gasteiger partial charge in [0.05, 0.1) is 0 Å². The third-order valence-electron chi connectivity index (χ3n) is 4.50. The van der Waals surface area contributed by atoms with Crippen molar-refractivity contribution in [3.05, 3.63) is 35.6 Å². The largest absolute Gasteiger partial charge is 0.465 e.